The number of aryl methyl sites for hydroxylation is 1. The molecule has 6 N–H and O–H groups in total. The zero-order valence-corrected chi connectivity index (χ0v) is 12.2. The van der Waals surface area contributed by atoms with E-state index in [1.54, 1.807) is 6.07 Å². The third-order valence-corrected chi connectivity index (χ3v) is 3.13. The molecular formula is C15H16N2O6. The Labute approximate surface area is 131 Å². The number of aromatic hydroxyl groups is 3. The molecule has 2 aromatic carbocycles. The van der Waals surface area contributed by atoms with E-state index in [-0.39, 0.29) is 12.4 Å². The van der Waals surface area contributed by atoms with Crippen LogP contribution < -0.4 is 10.8 Å². The van der Waals surface area contributed by atoms with Crippen molar-refractivity contribution in [3.8, 4) is 17.2 Å². The largest absolute Gasteiger partial charge is 0.504 e. The fourth-order valence-corrected chi connectivity index (χ4v) is 1.90. The summed E-state index contributed by atoms with van der Waals surface area (Å²) in [5.41, 5.74) is 3.68. The topological polar surface area (TPSA) is 131 Å². The highest BCUT2D eigenvalue weighted by Crippen LogP contribution is 2.42. The Kier molecular flexibility index (Phi) is 4.77. The summed E-state index contributed by atoms with van der Waals surface area (Å²) in [5, 5.41) is 40.2. The molecule has 0 fully saturated rings. The number of anilines is 2. The first-order valence-electron chi connectivity index (χ1n) is 6.60. The predicted octanol–water partition coefficient (Wildman–Crippen LogP) is 2.22. The van der Waals surface area contributed by atoms with E-state index in [1.807, 2.05) is 25.1 Å². The minimum atomic E-state index is -1.38. The molecule has 0 saturated carbocycles. The van der Waals surface area contributed by atoms with Gasteiger partial charge < -0.3 is 25.7 Å². The number of hydrogen-bond acceptors (Lipinski definition) is 7. The van der Waals surface area contributed by atoms with E-state index in [0.29, 0.717) is 0 Å². The van der Waals surface area contributed by atoms with E-state index < -0.39 is 28.8 Å². The average molecular weight is 320 g/mol. The zero-order chi connectivity index (χ0) is 17.0. The molecule has 0 aromatic heterocycles. The monoisotopic (exact) mass is 320 g/mol. The molecule has 8 nitrogen and oxygen atoms in total. The Bertz CT molecular complexity index is 732. The van der Waals surface area contributed by atoms with Gasteiger partial charge in [-0.2, -0.15) is 0 Å². The van der Waals surface area contributed by atoms with Crippen LogP contribution >= 0.6 is 0 Å². The van der Waals surface area contributed by atoms with Crippen LogP contribution in [-0.4, -0.2) is 33.1 Å². The van der Waals surface area contributed by atoms with Crippen molar-refractivity contribution < 1.29 is 30.1 Å². The first kappa shape index (κ1) is 16.2. The van der Waals surface area contributed by atoms with Gasteiger partial charge in [-0.3, -0.25) is 10.3 Å². The van der Waals surface area contributed by atoms with Crippen LogP contribution in [0.5, 0.6) is 17.2 Å². The van der Waals surface area contributed by atoms with Gasteiger partial charge in [0, 0.05) is 6.07 Å². The van der Waals surface area contributed by atoms with E-state index in [9.17, 15) is 20.1 Å². The fourth-order valence-electron chi connectivity index (χ4n) is 1.90. The maximum Gasteiger partial charge on any atom is 0.338 e. The highest BCUT2D eigenvalue weighted by molar-refractivity contribution is 5.97. The molecule has 8 heteroatoms. The summed E-state index contributed by atoms with van der Waals surface area (Å²) in [7, 11) is 0. The Morgan fingerprint density at radius 1 is 1.17 bits per heavy atom. The molecule has 0 aliphatic heterocycles. The lowest BCUT2D eigenvalue weighted by Crippen LogP contribution is -2.14. The highest BCUT2D eigenvalue weighted by Gasteiger charge is 2.20. The molecule has 0 aliphatic rings. The van der Waals surface area contributed by atoms with Crippen LogP contribution in [0.3, 0.4) is 0 Å². The molecule has 0 atom stereocenters. The van der Waals surface area contributed by atoms with Crippen LogP contribution in [0.1, 0.15) is 15.9 Å². The normalized spacial score (nSPS) is 10.3. The standard InChI is InChI=1S/C15H16N2O6/c1-8-4-2-3-5-10(8)17-23-7-16-12-9(15(21)22)6-11(18)13(19)14(12)20/h2-6,16-20H,7H2,1H3,(H,21,22). The van der Waals surface area contributed by atoms with Gasteiger partial charge in [-0.15, -0.1) is 0 Å². The van der Waals surface area contributed by atoms with Gasteiger partial charge in [-0.1, -0.05) is 18.2 Å². The molecule has 23 heavy (non-hydrogen) atoms. The summed E-state index contributed by atoms with van der Waals surface area (Å²) in [6, 6.07) is 8.19. The molecule has 0 unspecified atom stereocenters. The smallest absolute Gasteiger partial charge is 0.338 e. The Hall–Kier alpha value is -3.13. The number of para-hydroxylation sites is 1. The van der Waals surface area contributed by atoms with Crippen molar-refractivity contribution >= 4 is 17.3 Å². The second-order valence-electron chi connectivity index (χ2n) is 4.70. The van der Waals surface area contributed by atoms with Gasteiger partial charge in [0.1, 0.15) is 6.73 Å². The summed E-state index contributed by atoms with van der Waals surface area (Å²) >= 11 is 0. The van der Waals surface area contributed by atoms with Gasteiger partial charge in [0.25, 0.3) is 0 Å². The van der Waals surface area contributed by atoms with E-state index in [4.69, 9.17) is 9.94 Å². The van der Waals surface area contributed by atoms with Gasteiger partial charge >= 0.3 is 5.97 Å². The van der Waals surface area contributed by atoms with Crippen molar-refractivity contribution in [3.63, 3.8) is 0 Å². The molecule has 0 heterocycles. The number of carbonyl (C=O) groups is 1. The Morgan fingerprint density at radius 3 is 2.52 bits per heavy atom. The molecule has 0 aliphatic carbocycles. The van der Waals surface area contributed by atoms with E-state index in [0.717, 1.165) is 17.3 Å². The number of rotatable bonds is 6. The zero-order valence-electron chi connectivity index (χ0n) is 12.2. The summed E-state index contributed by atoms with van der Waals surface area (Å²) in [6.45, 7) is 1.68. The number of aromatic carboxylic acids is 1. The van der Waals surface area contributed by atoms with Crippen molar-refractivity contribution in [2.24, 2.45) is 0 Å². The summed E-state index contributed by atoms with van der Waals surface area (Å²) in [5.74, 6) is -3.71. The van der Waals surface area contributed by atoms with Crippen LogP contribution in [0.25, 0.3) is 0 Å². The number of benzene rings is 2. The highest BCUT2D eigenvalue weighted by atomic mass is 16.7. The molecule has 0 radical (unpaired) electrons. The first-order valence-corrected chi connectivity index (χ1v) is 6.60. The molecule has 0 amide bonds. The maximum atomic E-state index is 11.1. The van der Waals surface area contributed by atoms with Gasteiger partial charge in [0.05, 0.1) is 16.9 Å². The van der Waals surface area contributed by atoms with Crippen molar-refractivity contribution in [1.29, 1.82) is 0 Å². The SMILES string of the molecule is Cc1ccccc1NOCNc1c(C(=O)O)cc(O)c(O)c1O. The van der Waals surface area contributed by atoms with Crippen LogP contribution in [0.4, 0.5) is 11.4 Å². The van der Waals surface area contributed by atoms with Crippen LogP contribution in [0, 0.1) is 6.92 Å². The predicted molar refractivity (Wildman–Crippen MR) is 82.8 cm³/mol. The third-order valence-electron chi connectivity index (χ3n) is 3.13. The second kappa shape index (κ2) is 6.75. The lowest BCUT2D eigenvalue weighted by atomic mass is 10.1. The molecular weight excluding hydrogens is 304 g/mol. The fraction of sp³-hybridized carbons (Fsp3) is 0.133. The van der Waals surface area contributed by atoms with Crippen molar-refractivity contribution in [3.05, 3.63) is 41.5 Å². The quantitative estimate of drug-likeness (QED) is 0.157. The number of carboxylic acids is 1. The minimum absolute atomic E-state index is 0.202. The first-order chi connectivity index (χ1) is 10.9. The lowest BCUT2D eigenvalue weighted by molar-refractivity contribution is 0.0697. The van der Waals surface area contributed by atoms with Crippen LogP contribution in [0.15, 0.2) is 30.3 Å². The van der Waals surface area contributed by atoms with Gasteiger partial charge in [-0.05, 0) is 18.6 Å². The van der Waals surface area contributed by atoms with Gasteiger partial charge in [0.15, 0.2) is 11.5 Å². The summed E-state index contributed by atoms with van der Waals surface area (Å²) < 4.78 is 0. The molecule has 2 rings (SSSR count). The maximum absolute atomic E-state index is 11.1. The lowest BCUT2D eigenvalue weighted by Gasteiger charge is -2.14. The third kappa shape index (κ3) is 3.55. The molecule has 0 saturated heterocycles. The van der Waals surface area contributed by atoms with E-state index in [2.05, 4.69) is 10.8 Å². The molecule has 2 aromatic rings. The molecule has 0 bridgehead atoms. The summed E-state index contributed by atoms with van der Waals surface area (Å²) in [6.07, 6.45) is 0. The number of carboxylic acid groups (broad SMARTS) is 1. The number of phenols is 3. The number of phenolic OH excluding ortho intramolecular Hbond substituents is 3. The minimum Gasteiger partial charge on any atom is -0.504 e. The van der Waals surface area contributed by atoms with Gasteiger partial charge in [0.2, 0.25) is 5.75 Å². The van der Waals surface area contributed by atoms with Crippen molar-refractivity contribution in [2.75, 3.05) is 17.5 Å². The van der Waals surface area contributed by atoms with E-state index in [1.165, 1.54) is 0 Å². The summed E-state index contributed by atoms with van der Waals surface area (Å²) in [4.78, 5) is 16.3. The second-order valence-corrected chi connectivity index (χ2v) is 4.70. The number of hydrogen-bond donors (Lipinski definition) is 6. The molecule has 0 spiro atoms. The van der Waals surface area contributed by atoms with E-state index >= 15 is 0 Å². The number of nitrogens with one attached hydrogen (secondary N) is 2. The van der Waals surface area contributed by atoms with Crippen LogP contribution in [-0.2, 0) is 4.84 Å². The van der Waals surface area contributed by atoms with Crippen molar-refractivity contribution in [2.45, 2.75) is 6.92 Å². The van der Waals surface area contributed by atoms with Gasteiger partial charge in [-0.25, -0.2) is 4.79 Å². The average Bonchev–Trinajstić information content (AvgIpc) is 2.52. The van der Waals surface area contributed by atoms with Crippen LogP contribution in [0.2, 0.25) is 0 Å². The Morgan fingerprint density at radius 2 is 1.87 bits per heavy atom. The Balaban J connectivity index is 2.07. The molecule has 122 valence electrons. The van der Waals surface area contributed by atoms with Crippen molar-refractivity contribution in [1.82, 2.24) is 0 Å².